The zero-order chi connectivity index (χ0) is 11.1. The zero-order valence-electron chi connectivity index (χ0n) is 8.33. The zero-order valence-corrected chi connectivity index (χ0v) is 9.91. The summed E-state index contributed by atoms with van der Waals surface area (Å²) in [7, 11) is 3.88. The van der Waals surface area contributed by atoms with Crippen molar-refractivity contribution in [2.75, 3.05) is 20.6 Å². The van der Waals surface area contributed by atoms with E-state index in [9.17, 15) is 4.79 Å². The average molecular weight is 237 g/mol. The molecule has 0 atom stereocenters. The van der Waals surface area contributed by atoms with Gasteiger partial charge in [0, 0.05) is 12.2 Å². The molecule has 14 heavy (non-hydrogen) atoms. The molecular formula is C8H13ClN2O2S. The predicted molar refractivity (Wildman–Crippen MR) is 60.0 cm³/mol. The Labute approximate surface area is 94.0 Å². The van der Waals surface area contributed by atoms with Crippen molar-refractivity contribution in [3.05, 3.63) is 11.8 Å². The van der Waals surface area contributed by atoms with Crippen LogP contribution in [0.4, 0.5) is 0 Å². The molecule has 0 aromatic heterocycles. The van der Waals surface area contributed by atoms with Crippen molar-refractivity contribution in [3.63, 3.8) is 0 Å². The number of allylic oxidation sites excluding steroid dienone is 1. The lowest BCUT2D eigenvalue weighted by Crippen LogP contribution is -2.28. The van der Waals surface area contributed by atoms with Crippen molar-refractivity contribution in [1.82, 2.24) is 10.2 Å². The van der Waals surface area contributed by atoms with Gasteiger partial charge in [0.25, 0.3) is 0 Å². The highest BCUT2D eigenvalue weighted by molar-refractivity contribution is 7.82. The summed E-state index contributed by atoms with van der Waals surface area (Å²) in [6.07, 6.45) is 1.90. The van der Waals surface area contributed by atoms with Crippen LogP contribution < -0.4 is 5.32 Å². The Morgan fingerprint density at radius 1 is 1.64 bits per heavy atom. The number of thiocarbonyl (C=S) groups is 1. The number of hydrogen-bond donors (Lipinski definition) is 1. The number of halogens is 1. The van der Waals surface area contributed by atoms with E-state index < -0.39 is 5.97 Å². The number of likely N-dealkylation sites (N-methyl/N-ethyl adjacent to an activating group) is 1. The van der Waals surface area contributed by atoms with Gasteiger partial charge in [-0.05, 0) is 21.0 Å². The van der Waals surface area contributed by atoms with Crippen LogP contribution in [0.2, 0.25) is 0 Å². The summed E-state index contributed by atoms with van der Waals surface area (Å²) in [6, 6.07) is 0. The Morgan fingerprint density at radius 3 is 2.64 bits per heavy atom. The van der Waals surface area contributed by atoms with Crippen molar-refractivity contribution in [2.24, 2.45) is 0 Å². The molecule has 1 N–H and O–H groups in total. The van der Waals surface area contributed by atoms with E-state index in [1.807, 2.05) is 25.1 Å². The number of hydrogen-bond acceptors (Lipinski definition) is 4. The quantitative estimate of drug-likeness (QED) is 0.743. The lowest BCUT2D eigenvalue weighted by Gasteiger charge is -2.08. The first-order chi connectivity index (χ1) is 6.47. The van der Waals surface area contributed by atoms with Crippen molar-refractivity contribution in [3.8, 4) is 0 Å². The fourth-order valence-electron chi connectivity index (χ4n) is 0.636. The number of nitrogens with one attached hydrogen (secondary N) is 1. The van der Waals surface area contributed by atoms with Gasteiger partial charge in [-0.1, -0.05) is 18.3 Å². The third-order valence-corrected chi connectivity index (χ3v) is 1.74. The maximum Gasteiger partial charge on any atom is 0.384 e. The Kier molecular flexibility index (Phi) is 6.44. The minimum Gasteiger partial charge on any atom is -0.345 e. The highest BCUT2D eigenvalue weighted by Gasteiger charge is 2.09. The van der Waals surface area contributed by atoms with E-state index in [0.29, 0.717) is 0 Å². The fourth-order valence-corrected chi connectivity index (χ4v) is 0.961. The van der Waals surface area contributed by atoms with Gasteiger partial charge in [-0.3, -0.25) is 0 Å². The summed E-state index contributed by atoms with van der Waals surface area (Å²) in [4.78, 5) is 12.7. The topological polar surface area (TPSA) is 41.6 Å². The summed E-state index contributed by atoms with van der Waals surface area (Å²) < 4.78 is 3.93. The number of carbonyl (C=O) groups excluding carboxylic acids is 1. The molecule has 0 aliphatic rings. The molecule has 0 saturated carbocycles. The van der Waals surface area contributed by atoms with Gasteiger partial charge in [0.1, 0.15) is 11.9 Å². The molecule has 0 spiro atoms. The van der Waals surface area contributed by atoms with E-state index in [-0.39, 0.29) is 4.99 Å². The normalized spacial score (nSPS) is 11.4. The number of carbonyl (C=O) groups is 1. The Hall–Kier alpha value is -0.650. The Morgan fingerprint density at radius 2 is 2.21 bits per heavy atom. The summed E-state index contributed by atoms with van der Waals surface area (Å²) in [5.74, 6) is -0.751. The van der Waals surface area contributed by atoms with E-state index in [1.54, 1.807) is 6.92 Å². The Bertz CT molecular complexity index is 254. The lowest BCUT2D eigenvalue weighted by molar-refractivity contribution is -0.126. The first-order valence-electron chi connectivity index (χ1n) is 3.92. The SMILES string of the molecule is C/C(=C\CN(C)C)NC(=S)C(=O)OCl. The van der Waals surface area contributed by atoms with Gasteiger partial charge in [0.05, 0.1) is 0 Å². The van der Waals surface area contributed by atoms with Crippen LogP contribution in [0.15, 0.2) is 11.8 Å². The van der Waals surface area contributed by atoms with Crippen molar-refractivity contribution in [1.29, 1.82) is 0 Å². The highest BCUT2D eigenvalue weighted by Crippen LogP contribution is 1.92. The first-order valence-corrected chi connectivity index (χ1v) is 4.64. The third kappa shape index (κ3) is 5.90. The van der Waals surface area contributed by atoms with Crippen molar-refractivity contribution in [2.45, 2.75) is 6.92 Å². The molecule has 0 amide bonds. The second kappa shape index (κ2) is 6.75. The van der Waals surface area contributed by atoms with Crippen LogP contribution in [0.1, 0.15) is 6.92 Å². The molecule has 0 aliphatic heterocycles. The number of nitrogens with zero attached hydrogens (tertiary/aromatic N) is 1. The van der Waals surface area contributed by atoms with Crippen LogP contribution in [0, 0.1) is 0 Å². The molecule has 4 nitrogen and oxygen atoms in total. The van der Waals surface area contributed by atoms with E-state index in [1.165, 1.54) is 0 Å². The molecule has 0 aromatic carbocycles. The maximum atomic E-state index is 10.8. The van der Waals surface area contributed by atoms with Gasteiger partial charge < -0.3 is 14.5 Å². The molecule has 0 radical (unpaired) electrons. The molecule has 6 heteroatoms. The predicted octanol–water partition coefficient (Wildman–Crippen LogP) is 1.07. The summed E-state index contributed by atoms with van der Waals surface area (Å²) in [5, 5.41) is 2.69. The lowest BCUT2D eigenvalue weighted by atomic mass is 10.4. The molecule has 0 unspecified atom stereocenters. The molecule has 0 bridgehead atoms. The minimum absolute atomic E-state index is 0.0486. The molecular weight excluding hydrogens is 224 g/mol. The monoisotopic (exact) mass is 236 g/mol. The standard InChI is InChI=1S/C8H13ClN2O2S/c1-6(4-5-11(2)3)10-7(14)8(12)13-9/h4H,5H2,1-3H3,(H,10,14)/b6-4+. The molecule has 80 valence electrons. The molecule has 0 saturated heterocycles. The third-order valence-electron chi connectivity index (χ3n) is 1.33. The van der Waals surface area contributed by atoms with Crippen LogP contribution in [0.5, 0.6) is 0 Å². The van der Waals surface area contributed by atoms with Crippen LogP contribution >= 0.6 is 24.1 Å². The van der Waals surface area contributed by atoms with Crippen molar-refractivity contribution < 1.29 is 9.08 Å². The fraction of sp³-hybridized carbons (Fsp3) is 0.500. The van der Waals surface area contributed by atoms with Gasteiger partial charge in [-0.25, -0.2) is 4.79 Å². The first kappa shape index (κ1) is 13.4. The molecule has 0 heterocycles. The van der Waals surface area contributed by atoms with Crippen LogP contribution in [0.3, 0.4) is 0 Å². The maximum absolute atomic E-state index is 10.8. The molecule has 0 rings (SSSR count). The number of rotatable bonds is 3. The average Bonchev–Trinajstić information content (AvgIpc) is 2.13. The van der Waals surface area contributed by atoms with E-state index in [2.05, 4.69) is 9.61 Å². The molecule has 0 aromatic rings. The Balaban J connectivity index is 4.05. The van der Waals surface area contributed by atoms with Crippen LogP contribution in [-0.4, -0.2) is 36.5 Å². The van der Waals surface area contributed by atoms with Crippen LogP contribution in [0.25, 0.3) is 0 Å². The summed E-state index contributed by atoms with van der Waals surface area (Å²) >= 11 is 9.56. The second-order valence-electron chi connectivity index (χ2n) is 2.97. The molecule has 0 fully saturated rings. The van der Waals surface area contributed by atoms with E-state index >= 15 is 0 Å². The summed E-state index contributed by atoms with van der Waals surface area (Å²) in [5.41, 5.74) is 0.783. The largest absolute Gasteiger partial charge is 0.384 e. The van der Waals surface area contributed by atoms with Crippen LogP contribution in [-0.2, 0) is 9.08 Å². The van der Waals surface area contributed by atoms with E-state index in [0.717, 1.165) is 12.2 Å². The van der Waals surface area contributed by atoms with Gasteiger partial charge >= 0.3 is 5.97 Å². The van der Waals surface area contributed by atoms with Gasteiger partial charge in [0.15, 0.2) is 4.99 Å². The molecule has 0 aliphatic carbocycles. The van der Waals surface area contributed by atoms with Gasteiger partial charge in [-0.2, -0.15) is 0 Å². The van der Waals surface area contributed by atoms with Gasteiger partial charge in [0.2, 0.25) is 0 Å². The second-order valence-corrected chi connectivity index (χ2v) is 3.53. The highest BCUT2D eigenvalue weighted by atomic mass is 35.5. The van der Waals surface area contributed by atoms with Gasteiger partial charge in [-0.15, -0.1) is 0 Å². The minimum atomic E-state index is -0.751. The smallest absolute Gasteiger partial charge is 0.345 e. The summed E-state index contributed by atoms with van der Waals surface area (Å²) in [6.45, 7) is 2.56. The van der Waals surface area contributed by atoms with E-state index in [4.69, 9.17) is 24.1 Å². The van der Waals surface area contributed by atoms with Crippen molar-refractivity contribution >= 4 is 35.0 Å².